The van der Waals surface area contributed by atoms with Crippen molar-refractivity contribution in [1.29, 1.82) is 0 Å². The molecule has 1 saturated heterocycles. The molecular weight excluding hydrogens is 200 g/mol. The molecule has 3 nitrogen and oxygen atoms in total. The lowest BCUT2D eigenvalue weighted by atomic mass is 10.1. The van der Waals surface area contributed by atoms with Gasteiger partial charge in [0, 0.05) is 31.9 Å². The summed E-state index contributed by atoms with van der Waals surface area (Å²) in [6.45, 7) is 3.80. The van der Waals surface area contributed by atoms with Gasteiger partial charge in [0.05, 0.1) is 6.10 Å². The van der Waals surface area contributed by atoms with Crippen LogP contribution in [-0.4, -0.2) is 37.4 Å². The summed E-state index contributed by atoms with van der Waals surface area (Å²) in [6.07, 6.45) is 0.686. The van der Waals surface area contributed by atoms with Crippen LogP contribution in [0.5, 0.6) is 0 Å². The zero-order chi connectivity index (χ0) is 11.5. The zero-order valence-corrected chi connectivity index (χ0v) is 9.98. The second kappa shape index (κ2) is 4.85. The van der Waals surface area contributed by atoms with Gasteiger partial charge >= 0.3 is 0 Å². The Bertz CT molecular complexity index is 354. The minimum absolute atomic E-state index is 0.171. The highest BCUT2D eigenvalue weighted by molar-refractivity contribution is 5.52. The Balaban J connectivity index is 1.98. The fourth-order valence-electron chi connectivity index (χ4n) is 2.36. The number of β-amino-alcohol motifs (C(OH)–C–C–N with tert-alkyl or cyclic N) is 1. The molecule has 2 N–H and O–H groups in total. The van der Waals surface area contributed by atoms with Crippen LogP contribution >= 0.6 is 0 Å². The molecule has 2 atom stereocenters. The molecule has 0 aromatic heterocycles. The van der Waals surface area contributed by atoms with E-state index in [-0.39, 0.29) is 6.10 Å². The maximum atomic E-state index is 9.46. The topological polar surface area (TPSA) is 35.5 Å². The van der Waals surface area contributed by atoms with E-state index in [0.29, 0.717) is 6.04 Å². The third-order valence-electron chi connectivity index (χ3n) is 3.22. The zero-order valence-electron chi connectivity index (χ0n) is 9.98. The number of nitrogens with zero attached hydrogens (tertiary/aromatic N) is 1. The largest absolute Gasteiger partial charge is 0.392 e. The molecule has 0 radical (unpaired) electrons. The van der Waals surface area contributed by atoms with E-state index in [1.165, 1.54) is 11.3 Å². The number of aliphatic hydroxyl groups excluding tert-OH is 1. The van der Waals surface area contributed by atoms with Crippen LogP contribution in [-0.2, 0) is 0 Å². The van der Waals surface area contributed by atoms with Crippen molar-refractivity contribution in [2.75, 3.05) is 25.0 Å². The second-order valence-corrected chi connectivity index (χ2v) is 4.66. The van der Waals surface area contributed by atoms with Gasteiger partial charge in [0.1, 0.15) is 0 Å². The van der Waals surface area contributed by atoms with Gasteiger partial charge in [-0.25, -0.2) is 0 Å². The fourth-order valence-corrected chi connectivity index (χ4v) is 2.36. The van der Waals surface area contributed by atoms with Gasteiger partial charge in [-0.3, -0.25) is 0 Å². The van der Waals surface area contributed by atoms with Gasteiger partial charge in [0.25, 0.3) is 0 Å². The average Bonchev–Trinajstić information content (AvgIpc) is 2.64. The highest BCUT2D eigenvalue weighted by Crippen LogP contribution is 2.19. The van der Waals surface area contributed by atoms with Gasteiger partial charge in [-0.15, -0.1) is 0 Å². The highest BCUT2D eigenvalue weighted by atomic mass is 16.3. The third-order valence-corrected chi connectivity index (χ3v) is 3.22. The first-order valence-electron chi connectivity index (χ1n) is 5.85. The minimum Gasteiger partial charge on any atom is -0.392 e. The van der Waals surface area contributed by atoms with Crippen LogP contribution in [0, 0.1) is 6.92 Å². The van der Waals surface area contributed by atoms with Gasteiger partial charge in [-0.2, -0.15) is 0 Å². The number of para-hydroxylation sites is 1. The molecule has 1 heterocycles. The molecule has 1 aromatic rings. The lowest BCUT2D eigenvalue weighted by molar-refractivity contribution is 0.193. The summed E-state index contributed by atoms with van der Waals surface area (Å²) in [4.78, 5) is 2.26. The predicted octanol–water partition coefficient (Wildman–Crippen LogP) is 1.15. The molecule has 1 aromatic carbocycles. The molecule has 1 aliphatic rings. The van der Waals surface area contributed by atoms with E-state index in [4.69, 9.17) is 0 Å². The third kappa shape index (κ3) is 2.54. The molecule has 88 valence electrons. The lowest BCUT2D eigenvalue weighted by Crippen LogP contribution is -2.35. The normalized spacial score (nSPS) is 24.7. The number of hydrogen-bond acceptors (Lipinski definition) is 3. The summed E-state index contributed by atoms with van der Waals surface area (Å²) in [6, 6.07) is 8.79. The molecule has 3 heteroatoms. The summed E-state index contributed by atoms with van der Waals surface area (Å²) < 4.78 is 0. The van der Waals surface area contributed by atoms with Gasteiger partial charge in [-0.1, -0.05) is 18.2 Å². The fraction of sp³-hybridized carbons (Fsp3) is 0.538. The summed E-state index contributed by atoms with van der Waals surface area (Å²) in [5.74, 6) is 0. The Morgan fingerprint density at radius 2 is 2.19 bits per heavy atom. The van der Waals surface area contributed by atoms with Crippen molar-refractivity contribution in [3.8, 4) is 0 Å². The first kappa shape index (κ1) is 11.4. The molecule has 1 fully saturated rings. The molecule has 1 aliphatic heterocycles. The maximum absolute atomic E-state index is 9.46. The molecule has 0 aliphatic carbocycles. The van der Waals surface area contributed by atoms with Crippen molar-refractivity contribution < 1.29 is 5.11 Å². The first-order chi connectivity index (χ1) is 7.66. The minimum atomic E-state index is -0.171. The highest BCUT2D eigenvalue weighted by Gasteiger charge is 2.23. The Labute approximate surface area is 97.1 Å². The van der Waals surface area contributed by atoms with Crippen molar-refractivity contribution in [3.63, 3.8) is 0 Å². The Morgan fingerprint density at radius 1 is 1.44 bits per heavy atom. The Kier molecular flexibility index (Phi) is 3.46. The molecule has 0 amide bonds. The first-order valence-corrected chi connectivity index (χ1v) is 5.85. The quantitative estimate of drug-likeness (QED) is 0.802. The van der Waals surface area contributed by atoms with Crippen molar-refractivity contribution in [1.82, 2.24) is 5.32 Å². The molecule has 0 bridgehead atoms. The predicted molar refractivity (Wildman–Crippen MR) is 66.9 cm³/mol. The van der Waals surface area contributed by atoms with Crippen LogP contribution in [0.2, 0.25) is 0 Å². The van der Waals surface area contributed by atoms with Crippen LogP contribution in [0.3, 0.4) is 0 Å². The smallest absolute Gasteiger partial charge is 0.0680 e. The van der Waals surface area contributed by atoms with E-state index in [2.05, 4.69) is 48.5 Å². The molecule has 2 unspecified atom stereocenters. The van der Waals surface area contributed by atoms with Gasteiger partial charge in [0.15, 0.2) is 0 Å². The summed E-state index contributed by atoms with van der Waals surface area (Å²) in [5, 5.41) is 12.8. The van der Waals surface area contributed by atoms with Crippen molar-refractivity contribution in [3.05, 3.63) is 29.8 Å². The van der Waals surface area contributed by atoms with Crippen LogP contribution in [0.15, 0.2) is 24.3 Å². The second-order valence-electron chi connectivity index (χ2n) is 4.66. The number of benzene rings is 1. The van der Waals surface area contributed by atoms with Crippen molar-refractivity contribution >= 4 is 5.69 Å². The van der Waals surface area contributed by atoms with Crippen LogP contribution in [0.1, 0.15) is 12.0 Å². The van der Waals surface area contributed by atoms with E-state index in [1.807, 2.05) is 0 Å². The van der Waals surface area contributed by atoms with Crippen LogP contribution in [0.4, 0.5) is 5.69 Å². The SMILES string of the molecule is Cc1ccccc1N(C)CC1CC(O)CN1. The molecule has 16 heavy (non-hydrogen) atoms. The van der Waals surface area contributed by atoms with Crippen molar-refractivity contribution in [2.24, 2.45) is 0 Å². The standard InChI is InChI=1S/C13H20N2O/c1-10-5-3-4-6-13(10)15(2)9-11-7-12(16)8-14-11/h3-6,11-12,14,16H,7-9H2,1-2H3. The van der Waals surface area contributed by atoms with Gasteiger partial charge in [0.2, 0.25) is 0 Å². The maximum Gasteiger partial charge on any atom is 0.0680 e. The van der Waals surface area contributed by atoms with E-state index < -0.39 is 0 Å². The van der Waals surface area contributed by atoms with Gasteiger partial charge in [-0.05, 0) is 25.0 Å². The van der Waals surface area contributed by atoms with Crippen LogP contribution < -0.4 is 10.2 Å². The van der Waals surface area contributed by atoms with E-state index in [9.17, 15) is 5.11 Å². The van der Waals surface area contributed by atoms with E-state index >= 15 is 0 Å². The van der Waals surface area contributed by atoms with E-state index in [0.717, 1.165) is 19.5 Å². The number of aliphatic hydroxyl groups is 1. The number of nitrogens with one attached hydrogen (secondary N) is 1. The molecule has 2 rings (SSSR count). The molecule has 0 spiro atoms. The monoisotopic (exact) mass is 220 g/mol. The van der Waals surface area contributed by atoms with E-state index in [1.54, 1.807) is 0 Å². The average molecular weight is 220 g/mol. The molecular formula is C13H20N2O. The summed E-state index contributed by atoms with van der Waals surface area (Å²) >= 11 is 0. The number of likely N-dealkylation sites (N-methyl/N-ethyl adjacent to an activating group) is 1. The summed E-state index contributed by atoms with van der Waals surface area (Å²) in [7, 11) is 2.11. The number of anilines is 1. The summed E-state index contributed by atoms with van der Waals surface area (Å²) in [5.41, 5.74) is 2.56. The van der Waals surface area contributed by atoms with Crippen molar-refractivity contribution in [2.45, 2.75) is 25.5 Å². The lowest BCUT2D eigenvalue weighted by Gasteiger charge is -2.24. The Morgan fingerprint density at radius 3 is 2.81 bits per heavy atom. The number of hydrogen-bond donors (Lipinski definition) is 2. The van der Waals surface area contributed by atoms with Crippen LogP contribution in [0.25, 0.3) is 0 Å². The number of rotatable bonds is 3. The number of aryl methyl sites for hydroxylation is 1. The molecule has 0 saturated carbocycles. The van der Waals surface area contributed by atoms with Gasteiger partial charge < -0.3 is 15.3 Å². The Hall–Kier alpha value is -1.06.